The summed E-state index contributed by atoms with van der Waals surface area (Å²) in [5, 5.41) is 10.5. The third kappa shape index (κ3) is 6.42. The number of carbonyl (C=O) groups is 2. The first-order valence-electron chi connectivity index (χ1n) is 9.95. The molecule has 0 aliphatic carbocycles. The van der Waals surface area contributed by atoms with Crippen LogP contribution in [-0.4, -0.2) is 69.4 Å². The molecule has 2 saturated heterocycles. The molecule has 2 aromatic heterocycles. The average molecular weight is 456 g/mol. The van der Waals surface area contributed by atoms with Gasteiger partial charge in [0.25, 0.3) is 0 Å². The van der Waals surface area contributed by atoms with Crippen molar-refractivity contribution >= 4 is 17.8 Å². The third-order valence-corrected chi connectivity index (χ3v) is 5.21. The lowest BCUT2D eigenvalue weighted by Crippen LogP contribution is -2.47. The number of carbonyl (C=O) groups excluding carboxylic acids is 1. The zero-order valence-electron chi connectivity index (χ0n) is 17.0. The second-order valence-corrected chi connectivity index (χ2v) is 7.56. The van der Waals surface area contributed by atoms with E-state index in [2.05, 4.69) is 15.3 Å². The Labute approximate surface area is 181 Å². The van der Waals surface area contributed by atoms with Crippen LogP contribution in [0, 0.1) is 0 Å². The van der Waals surface area contributed by atoms with Gasteiger partial charge in [-0.1, -0.05) is 0 Å². The second kappa shape index (κ2) is 9.98. The van der Waals surface area contributed by atoms with Crippen molar-refractivity contribution in [2.75, 3.05) is 25.0 Å². The Balaban J connectivity index is 0.000000360. The van der Waals surface area contributed by atoms with Crippen LogP contribution in [0.2, 0.25) is 0 Å². The van der Waals surface area contributed by atoms with Gasteiger partial charge in [0.1, 0.15) is 5.76 Å². The van der Waals surface area contributed by atoms with Crippen LogP contribution in [0.4, 0.5) is 19.1 Å². The number of carboxylic acids is 1. The van der Waals surface area contributed by atoms with E-state index < -0.39 is 12.1 Å². The van der Waals surface area contributed by atoms with E-state index in [4.69, 9.17) is 19.1 Å². The first-order chi connectivity index (χ1) is 15.2. The molecule has 2 fully saturated rings. The van der Waals surface area contributed by atoms with Crippen molar-refractivity contribution in [3.8, 4) is 0 Å². The van der Waals surface area contributed by atoms with Crippen molar-refractivity contribution in [1.82, 2.24) is 14.9 Å². The third-order valence-electron chi connectivity index (χ3n) is 5.21. The minimum atomic E-state index is -5.08. The SMILES string of the molecule is O=C(Cc1ccco1)N1CC[C@@]2(C[C@H](Nc3ncccn3)CCO2)C1.O=C(O)C(F)(F)F. The number of carboxylic acid groups (broad SMARTS) is 1. The average Bonchev–Trinajstić information content (AvgIpc) is 3.39. The monoisotopic (exact) mass is 456 g/mol. The van der Waals surface area contributed by atoms with Gasteiger partial charge < -0.3 is 24.5 Å². The van der Waals surface area contributed by atoms with Crippen LogP contribution in [-0.2, 0) is 20.7 Å². The number of hydrogen-bond donors (Lipinski definition) is 2. The molecule has 0 unspecified atom stereocenters. The smallest absolute Gasteiger partial charge is 0.475 e. The summed E-state index contributed by atoms with van der Waals surface area (Å²) in [6, 6.07) is 5.70. The van der Waals surface area contributed by atoms with E-state index in [0.29, 0.717) is 31.3 Å². The van der Waals surface area contributed by atoms with Gasteiger partial charge in [-0.3, -0.25) is 4.79 Å². The number of rotatable bonds is 4. The summed E-state index contributed by atoms with van der Waals surface area (Å²) in [6.07, 6.45) is 2.92. The number of furan rings is 1. The number of halogens is 3. The molecular weight excluding hydrogens is 433 g/mol. The van der Waals surface area contributed by atoms with E-state index in [1.165, 1.54) is 0 Å². The normalized spacial score (nSPS) is 22.8. The number of amides is 1. The Morgan fingerprint density at radius 3 is 2.62 bits per heavy atom. The van der Waals surface area contributed by atoms with Crippen molar-refractivity contribution in [3.05, 3.63) is 42.6 Å². The molecule has 2 aromatic rings. The summed E-state index contributed by atoms with van der Waals surface area (Å²) >= 11 is 0. The van der Waals surface area contributed by atoms with Gasteiger partial charge in [-0.25, -0.2) is 14.8 Å². The Hall–Kier alpha value is -3.15. The standard InChI is InChI=1S/C18H22N4O3.C2HF3O2/c23-16(11-15-3-1-9-24-15)22-8-5-18(13-22)12-14(4-10-25-18)21-17-19-6-2-7-20-17;3-2(4,5)1(6)7/h1-3,6-7,9,14H,4-5,8,10-13H2,(H,19,20,21);(H,6,7)/t14-,18-;/m1./s1. The van der Waals surface area contributed by atoms with E-state index in [1.807, 2.05) is 11.0 Å². The number of aromatic nitrogens is 2. The van der Waals surface area contributed by atoms with Crippen molar-refractivity contribution in [2.45, 2.75) is 43.5 Å². The topological polar surface area (TPSA) is 118 Å². The van der Waals surface area contributed by atoms with Crippen molar-refractivity contribution < 1.29 is 37.0 Å². The van der Waals surface area contributed by atoms with Gasteiger partial charge in [-0.2, -0.15) is 13.2 Å². The molecule has 0 aromatic carbocycles. The van der Waals surface area contributed by atoms with Gasteiger partial charge in [0.15, 0.2) is 0 Å². The molecule has 32 heavy (non-hydrogen) atoms. The zero-order valence-corrected chi connectivity index (χ0v) is 17.0. The first kappa shape index (κ1) is 23.5. The molecule has 2 aliphatic heterocycles. The second-order valence-electron chi connectivity index (χ2n) is 7.56. The molecule has 9 nitrogen and oxygen atoms in total. The highest BCUT2D eigenvalue weighted by Gasteiger charge is 2.44. The molecule has 2 aliphatic rings. The van der Waals surface area contributed by atoms with Gasteiger partial charge in [-0.15, -0.1) is 0 Å². The minimum absolute atomic E-state index is 0.0944. The highest BCUT2D eigenvalue weighted by atomic mass is 19.4. The largest absolute Gasteiger partial charge is 0.490 e. The molecule has 2 atom stereocenters. The Kier molecular flexibility index (Phi) is 7.33. The molecule has 0 saturated carbocycles. The number of ether oxygens (including phenoxy) is 1. The van der Waals surface area contributed by atoms with Crippen molar-refractivity contribution in [2.24, 2.45) is 0 Å². The lowest BCUT2D eigenvalue weighted by atomic mass is 9.89. The predicted octanol–water partition coefficient (Wildman–Crippen LogP) is 2.51. The maximum atomic E-state index is 12.5. The number of alkyl halides is 3. The molecule has 4 rings (SSSR count). The van der Waals surface area contributed by atoms with Crippen LogP contribution < -0.4 is 5.32 Å². The lowest BCUT2D eigenvalue weighted by molar-refractivity contribution is -0.192. The predicted molar refractivity (Wildman–Crippen MR) is 105 cm³/mol. The molecular formula is C20H23F3N4O5. The molecule has 2 N–H and O–H groups in total. The molecule has 1 spiro atoms. The fourth-order valence-corrected chi connectivity index (χ4v) is 3.72. The minimum Gasteiger partial charge on any atom is -0.475 e. The van der Waals surface area contributed by atoms with Gasteiger partial charge in [0.2, 0.25) is 11.9 Å². The van der Waals surface area contributed by atoms with Crippen molar-refractivity contribution in [3.63, 3.8) is 0 Å². The molecule has 0 bridgehead atoms. The van der Waals surface area contributed by atoms with Crippen LogP contribution in [0.5, 0.6) is 0 Å². The number of hydrogen-bond acceptors (Lipinski definition) is 7. The van der Waals surface area contributed by atoms with Crippen LogP contribution in [0.15, 0.2) is 41.3 Å². The number of nitrogens with one attached hydrogen (secondary N) is 1. The summed E-state index contributed by atoms with van der Waals surface area (Å²) in [6.45, 7) is 2.05. The highest BCUT2D eigenvalue weighted by molar-refractivity contribution is 5.78. The van der Waals surface area contributed by atoms with Crippen LogP contribution in [0.3, 0.4) is 0 Å². The number of aliphatic carboxylic acids is 1. The quantitative estimate of drug-likeness (QED) is 0.721. The maximum absolute atomic E-state index is 12.5. The number of nitrogens with zero attached hydrogens (tertiary/aromatic N) is 3. The zero-order chi connectivity index (χ0) is 23.2. The van der Waals surface area contributed by atoms with Gasteiger partial charge in [-0.05, 0) is 37.5 Å². The first-order valence-corrected chi connectivity index (χ1v) is 9.95. The van der Waals surface area contributed by atoms with E-state index in [9.17, 15) is 18.0 Å². The fourth-order valence-electron chi connectivity index (χ4n) is 3.72. The van der Waals surface area contributed by atoms with Crippen LogP contribution >= 0.6 is 0 Å². The van der Waals surface area contributed by atoms with Crippen molar-refractivity contribution in [1.29, 1.82) is 0 Å². The molecule has 12 heteroatoms. The summed E-state index contributed by atoms with van der Waals surface area (Å²) in [5.41, 5.74) is -0.260. The molecule has 174 valence electrons. The number of likely N-dealkylation sites (tertiary alicyclic amines) is 1. The highest BCUT2D eigenvalue weighted by Crippen LogP contribution is 2.35. The summed E-state index contributed by atoms with van der Waals surface area (Å²) < 4.78 is 43.1. The van der Waals surface area contributed by atoms with E-state index in [0.717, 1.165) is 25.8 Å². The number of anilines is 1. The van der Waals surface area contributed by atoms with E-state index in [-0.39, 0.29) is 17.6 Å². The Morgan fingerprint density at radius 2 is 2.00 bits per heavy atom. The van der Waals surface area contributed by atoms with Gasteiger partial charge in [0.05, 0.1) is 18.3 Å². The maximum Gasteiger partial charge on any atom is 0.490 e. The molecule has 1 amide bonds. The molecule has 4 heterocycles. The fraction of sp³-hybridized carbons (Fsp3) is 0.500. The van der Waals surface area contributed by atoms with Gasteiger partial charge >= 0.3 is 12.1 Å². The summed E-state index contributed by atoms with van der Waals surface area (Å²) in [7, 11) is 0. The van der Waals surface area contributed by atoms with E-state index in [1.54, 1.807) is 30.8 Å². The Bertz CT molecular complexity index is 894. The van der Waals surface area contributed by atoms with Crippen LogP contribution in [0.25, 0.3) is 0 Å². The molecule has 0 radical (unpaired) electrons. The Morgan fingerprint density at radius 1 is 1.28 bits per heavy atom. The summed E-state index contributed by atoms with van der Waals surface area (Å²) in [4.78, 5) is 31.7. The van der Waals surface area contributed by atoms with Crippen LogP contribution in [0.1, 0.15) is 25.0 Å². The lowest BCUT2D eigenvalue weighted by Gasteiger charge is -2.38. The van der Waals surface area contributed by atoms with E-state index >= 15 is 0 Å². The van der Waals surface area contributed by atoms with Gasteiger partial charge in [0, 0.05) is 38.1 Å². The summed E-state index contributed by atoms with van der Waals surface area (Å²) in [5.74, 6) is -1.31.